The molecule has 1 aromatic heterocycles. The summed E-state index contributed by atoms with van der Waals surface area (Å²) in [5.41, 5.74) is 4.28. The van der Waals surface area contributed by atoms with Crippen LogP contribution in [-0.4, -0.2) is 28.1 Å². The van der Waals surface area contributed by atoms with E-state index in [0.29, 0.717) is 23.4 Å². The van der Waals surface area contributed by atoms with Gasteiger partial charge >= 0.3 is 12.1 Å². The van der Waals surface area contributed by atoms with Crippen molar-refractivity contribution in [1.82, 2.24) is 15.6 Å². The molecule has 1 amide bonds. The minimum atomic E-state index is -5.08. The largest absolute Gasteiger partial charge is 0.490 e. The number of benzene rings is 2. The quantitative estimate of drug-likeness (QED) is 0.479. The normalized spacial score (nSPS) is 12.5. The molecular weight excluding hydrogens is 462 g/mol. The van der Waals surface area contributed by atoms with Crippen molar-refractivity contribution in [2.24, 2.45) is 0 Å². The van der Waals surface area contributed by atoms with Gasteiger partial charge in [0.1, 0.15) is 10.7 Å². The molecule has 0 aliphatic carbocycles. The number of fused-ring (bicyclic) bond motifs is 1. The molecule has 0 fully saturated rings. The molecule has 1 aliphatic heterocycles. The Kier molecular flexibility index (Phi) is 7.77. The van der Waals surface area contributed by atoms with Crippen molar-refractivity contribution in [3.8, 4) is 0 Å². The van der Waals surface area contributed by atoms with Crippen LogP contribution in [-0.2, 0) is 30.8 Å². The summed E-state index contributed by atoms with van der Waals surface area (Å²) in [6.07, 6.45) is -3.13. The van der Waals surface area contributed by atoms with Gasteiger partial charge in [0, 0.05) is 26.1 Å². The van der Waals surface area contributed by atoms with Crippen LogP contribution in [0.15, 0.2) is 48.7 Å². The van der Waals surface area contributed by atoms with E-state index >= 15 is 0 Å². The van der Waals surface area contributed by atoms with Crippen LogP contribution in [0, 0.1) is 5.82 Å². The number of hydrogen-bond donors (Lipinski definition) is 3. The van der Waals surface area contributed by atoms with E-state index in [2.05, 4.69) is 27.8 Å². The number of nitrogens with one attached hydrogen (secondary N) is 2. The average Bonchev–Trinajstić information content (AvgIpc) is 3.42. The van der Waals surface area contributed by atoms with E-state index in [9.17, 15) is 22.4 Å². The van der Waals surface area contributed by atoms with Crippen molar-refractivity contribution < 1.29 is 32.3 Å². The standard InChI is InChI=1S/C20H18FN3OS.C2HF3O2/c21-17-4-2-1-3-14(17)8-19-23-12-18(26-19)20(25)24-9-13-5-6-15-10-22-11-16(15)7-13;3-2(4,5)1(6)7/h1-7,12,22H,8-11H2,(H,24,25);(H,6,7). The summed E-state index contributed by atoms with van der Waals surface area (Å²) in [7, 11) is 0. The molecule has 3 aromatic rings. The zero-order valence-electron chi connectivity index (χ0n) is 17.1. The van der Waals surface area contributed by atoms with E-state index in [1.807, 2.05) is 6.07 Å². The van der Waals surface area contributed by atoms with E-state index < -0.39 is 12.1 Å². The van der Waals surface area contributed by atoms with Gasteiger partial charge < -0.3 is 15.7 Å². The number of thiazole rings is 1. The third-order valence-electron chi connectivity index (χ3n) is 4.67. The molecule has 0 unspecified atom stereocenters. The minimum absolute atomic E-state index is 0.152. The first-order valence-electron chi connectivity index (χ1n) is 9.71. The lowest BCUT2D eigenvalue weighted by atomic mass is 10.1. The smallest absolute Gasteiger partial charge is 0.475 e. The van der Waals surface area contributed by atoms with Crippen LogP contribution in [0.2, 0.25) is 0 Å². The van der Waals surface area contributed by atoms with Gasteiger partial charge in [0.2, 0.25) is 0 Å². The summed E-state index contributed by atoms with van der Waals surface area (Å²) >= 11 is 1.30. The molecule has 6 nitrogen and oxygen atoms in total. The molecule has 0 atom stereocenters. The predicted octanol–water partition coefficient (Wildman–Crippen LogP) is 4.04. The fourth-order valence-electron chi connectivity index (χ4n) is 3.03. The average molecular weight is 481 g/mol. The second kappa shape index (κ2) is 10.5. The molecule has 1 aliphatic rings. The molecule has 2 heterocycles. The number of aliphatic carboxylic acids is 1. The summed E-state index contributed by atoms with van der Waals surface area (Å²) in [6, 6.07) is 12.9. The third-order valence-corrected chi connectivity index (χ3v) is 5.67. The van der Waals surface area contributed by atoms with Crippen LogP contribution in [0.1, 0.15) is 36.9 Å². The van der Waals surface area contributed by atoms with Crippen LogP contribution in [0.5, 0.6) is 0 Å². The number of amides is 1. The fourth-order valence-corrected chi connectivity index (χ4v) is 3.89. The second-order valence-corrected chi connectivity index (χ2v) is 8.19. The van der Waals surface area contributed by atoms with Crippen molar-refractivity contribution >= 4 is 23.2 Å². The number of hydrogen-bond acceptors (Lipinski definition) is 5. The molecule has 174 valence electrons. The number of carboxylic acids is 1. The summed E-state index contributed by atoms with van der Waals surface area (Å²) in [6.45, 7) is 2.27. The van der Waals surface area contributed by atoms with Gasteiger partial charge in [-0.1, -0.05) is 36.4 Å². The molecule has 33 heavy (non-hydrogen) atoms. The number of aromatic nitrogens is 1. The first kappa shape index (κ1) is 24.3. The van der Waals surface area contributed by atoms with Crippen molar-refractivity contribution in [2.45, 2.75) is 32.2 Å². The lowest BCUT2D eigenvalue weighted by Gasteiger charge is -2.06. The Labute approximate surface area is 190 Å². The van der Waals surface area contributed by atoms with Gasteiger partial charge in [-0.2, -0.15) is 13.2 Å². The molecule has 4 rings (SSSR count). The second-order valence-electron chi connectivity index (χ2n) is 7.08. The number of alkyl halides is 3. The molecule has 2 aromatic carbocycles. The van der Waals surface area contributed by atoms with Gasteiger partial charge in [0.15, 0.2) is 0 Å². The first-order chi connectivity index (χ1) is 15.6. The zero-order chi connectivity index (χ0) is 24.0. The number of carbonyl (C=O) groups excluding carboxylic acids is 1. The Morgan fingerprint density at radius 2 is 1.82 bits per heavy atom. The van der Waals surface area contributed by atoms with Crippen LogP contribution < -0.4 is 10.6 Å². The summed E-state index contributed by atoms with van der Waals surface area (Å²) in [5.74, 6) is -3.16. The highest BCUT2D eigenvalue weighted by atomic mass is 32.1. The van der Waals surface area contributed by atoms with E-state index in [-0.39, 0.29) is 11.7 Å². The van der Waals surface area contributed by atoms with Crippen molar-refractivity contribution in [2.75, 3.05) is 0 Å². The number of carbonyl (C=O) groups is 2. The van der Waals surface area contributed by atoms with Crippen LogP contribution in [0.4, 0.5) is 17.6 Å². The highest BCUT2D eigenvalue weighted by molar-refractivity contribution is 7.13. The third kappa shape index (κ3) is 6.83. The maximum atomic E-state index is 13.7. The Morgan fingerprint density at radius 3 is 2.52 bits per heavy atom. The van der Waals surface area contributed by atoms with E-state index in [4.69, 9.17) is 9.90 Å². The Hall–Kier alpha value is -3.31. The van der Waals surface area contributed by atoms with Gasteiger partial charge in [0.25, 0.3) is 5.91 Å². The van der Waals surface area contributed by atoms with E-state index in [0.717, 1.165) is 23.7 Å². The molecule has 0 saturated carbocycles. The molecule has 0 saturated heterocycles. The summed E-state index contributed by atoms with van der Waals surface area (Å²) < 4.78 is 45.5. The maximum absolute atomic E-state index is 13.7. The van der Waals surface area contributed by atoms with Gasteiger partial charge in [-0.05, 0) is 28.3 Å². The van der Waals surface area contributed by atoms with Crippen LogP contribution >= 0.6 is 11.3 Å². The SMILES string of the molecule is O=C(NCc1ccc2c(c1)CNC2)c1cnc(Cc2ccccc2F)s1.O=C(O)C(F)(F)F. The molecular formula is C22H19F4N3O3S. The fraction of sp³-hybridized carbons (Fsp3) is 0.227. The first-order valence-corrected chi connectivity index (χ1v) is 10.5. The number of carboxylic acid groups (broad SMARTS) is 1. The Balaban J connectivity index is 0.000000383. The number of nitrogens with zero attached hydrogens (tertiary/aromatic N) is 1. The lowest BCUT2D eigenvalue weighted by molar-refractivity contribution is -0.192. The summed E-state index contributed by atoms with van der Waals surface area (Å²) in [5, 5.41) is 14.1. The van der Waals surface area contributed by atoms with E-state index in [1.54, 1.807) is 24.4 Å². The predicted molar refractivity (Wildman–Crippen MR) is 113 cm³/mol. The monoisotopic (exact) mass is 481 g/mol. The highest BCUT2D eigenvalue weighted by Gasteiger charge is 2.38. The van der Waals surface area contributed by atoms with Crippen molar-refractivity contribution in [1.29, 1.82) is 0 Å². The Morgan fingerprint density at radius 1 is 1.12 bits per heavy atom. The van der Waals surface area contributed by atoms with Crippen LogP contribution in [0.3, 0.4) is 0 Å². The zero-order valence-corrected chi connectivity index (χ0v) is 17.9. The van der Waals surface area contributed by atoms with Gasteiger partial charge in [-0.3, -0.25) is 4.79 Å². The number of rotatable bonds is 5. The van der Waals surface area contributed by atoms with Gasteiger partial charge in [0.05, 0.1) is 11.2 Å². The van der Waals surface area contributed by atoms with Crippen molar-refractivity contribution in [3.63, 3.8) is 0 Å². The topological polar surface area (TPSA) is 91.3 Å². The minimum Gasteiger partial charge on any atom is -0.475 e. The molecule has 11 heteroatoms. The molecule has 0 bridgehead atoms. The lowest BCUT2D eigenvalue weighted by Crippen LogP contribution is -2.21. The van der Waals surface area contributed by atoms with Gasteiger partial charge in [-0.15, -0.1) is 11.3 Å². The molecule has 0 spiro atoms. The van der Waals surface area contributed by atoms with Gasteiger partial charge in [-0.25, -0.2) is 14.2 Å². The Bertz CT molecular complexity index is 1150. The highest BCUT2D eigenvalue weighted by Crippen LogP contribution is 2.20. The maximum Gasteiger partial charge on any atom is 0.490 e. The molecule has 3 N–H and O–H groups in total. The number of halogens is 4. The summed E-state index contributed by atoms with van der Waals surface area (Å²) in [4.78, 5) is 26.1. The van der Waals surface area contributed by atoms with Crippen molar-refractivity contribution in [3.05, 3.63) is 86.6 Å². The van der Waals surface area contributed by atoms with Crippen LogP contribution in [0.25, 0.3) is 0 Å². The molecule has 0 radical (unpaired) electrons. The van der Waals surface area contributed by atoms with E-state index in [1.165, 1.54) is 28.5 Å².